The molecular weight excluding hydrogens is 326 g/mol. The SMILES string of the molecule is O=C(c1cccc(OCc2ccc(Cl)cc2)c1)N1CCC(O)CC1. The van der Waals surface area contributed by atoms with Gasteiger partial charge in [0.2, 0.25) is 0 Å². The van der Waals surface area contributed by atoms with Crippen LogP contribution in [-0.2, 0) is 6.61 Å². The molecule has 1 heterocycles. The standard InChI is InChI=1S/C19H20ClNO3/c20-16-6-4-14(5-7-16)13-24-18-3-1-2-15(12-18)19(23)21-10-8-17(22)9-11-21/h1-7,12,17,22H,8-11,13H2. The molecule has 0 radical (unpaired) electrons. The van der Waals surface area contributed by atoms with Gasteiger partial charge in [-0.2, -0.15) is 0 Å². The van der Waals surface area contributed by atoms with Gasteiger partial charge in [-0.15, -0.1) is 0 Å². The number of aliphatic hydroxyl groups is 1. The van der Waals surface area contributed by atoms with E-state index in [2.05, 4.69) is 0 Å². The van der Waals surface area contributed by atoms with Crippen LogP contribution in [0.4, 0.5) is 0 Å². The molecule has 0 aliphatic carbocycles. The third-order valence-corrected chi connectivity index (χ3v) is 4.40. The van der Waals surface area contributed by atoms with Crippen LogP contribution in [0.25, 0.3) is 0 Å². The number of rotatable bonds is 4. The van der Waals surface area contributed by atoms with Crippen LogP contribution in [0, 0.1) is 0 Å². The minimum absolute atomic E-state index is 0.0150. The molecule has 1 amide bonds. The van der Waals surface area contributed by atoms with Crippen LogP contribution in [0.3, 0.4) is 0 Å². The Kier molecular flexibility index (Phi) is 5.38. The summed E-state index contributed by atoms with van der Waals surface area (Å²) in [5.74, 6) is 0.645. The summed E-state index contributed by atoms with van der Waals surface area (Å²) in [6.45, 7) is 1.61. The van der Waals surface area contributed by atoms with E-state index in [0.717, 1.165) is 5.56 Å². The van der Waals surface area contributed by atoms with Gasteiger partial charge in [0.25, 0.3) is 5.91 Å². The van der Waals surface area contributed by atoms with Crippen molar-refractivity contribution < 1.29 is 14.6 Å². The quantitative estimate of drug-likeness (QED) is 0.922. The smallest absolute Gasteiger partial charge is 0.253 e. The lowest BCUT2D eigenvalue weighted by molar-refractivity contribution is 0.0546. The maximum atomic E-state index is 12.5. The third kappa shape index (κ3) is 4.28. The zero-order chi connectivity index (χ0) is 16.9. The van der Waals surface area contributed by atoms with Crippen LogP contribution in [0.1, 0.15) is 28.8 Å². The molecule has 3 rings (SSSR count). The monoisotopic (exact) mass is 345 g/mol. The lowest BCUT2D eigenvalue weighted by Crippen LogP contribution is -2.40. The number of halogens is 1. The second-order valence-electron chi connectivity index (χ2n) is 5.97. The molecule has 0 aromatic heterocycles. The van der Waals surface area contributed by atoms with E-state index in [-0.39, 0.29) is 12.0 Å². The maximum absolute atomic E-state index is 12.5. The molecule has 0 bridgehead atoms. The molecule has 24 heavy (non-hydrogen) atoms. The van der Waals surface area contributed by atoms with Gasteiger partial charge in [0.05, 0.1) is 6.10 Å². The summed E-state index contributed by atoms with van der Waals surface area (Å²) in [6.07, 6.45) is 0.986. The van der Waals surface area contributed by atoms with Gasteiger partial charge >= 0.3 is 0 Å². The highest BCUT2D eigenvalue weighted by Gasteiger charge is 2.22. The predicted molar refractivity (Wildman–Crippen MR) is 93.4 cm³/mol. The van der Waals surface area contributed by atoms with E-state index in [1.807, 2.05) is 36.4 Å². The van der Waals surface area contributed by atoms with Gasteiger partial charge in [-0.05, 0) is 48.7 Å². The highest BCUT2D eigenvalue weighted by Crippen LogP contribution is 2.19. The third-order valence-electron chi connectivity index (χ3n) is 4.15. The molecule has 1 aliphatic rings. The Balaban J connectivity index is 1.63. The first kappa shape index (κ1) is 16.8. The minimum atomic E-state index is -0.289. The molecule has 0 atom stereocenters. The summed E-state index contributed by atoms with van der Waals surface area (Å²) in [4.78, 5) is 14.3. The van der Waals surface area contributed by atoms with Crippen LogP contribution >= 0.6 is 11.6 Å². The van der Waals surface area contributed by atoms with Gasteiger partial charge < -0.3 is 14.7 Å². The van der Waals surface area contributed by atoms with Crippen LogP contribution in [-0.4, -0.2) is 35.1 Å². The van der Waals surface area contributed by atoms with Crippen molar-refractivity contribution in [3.8, 4) is 5.75 Å². The zero-order valence-corrected chi connectivity index (χ0v) is 14.1. The summed E-state index contributed by atoms with van der Waals surface area (Å²) in [6, 6.07) is 14.7. The molecule has 2 aromatic carbocycles. The van der Waals surface area contributed by atoms with Gasteiger partial charge in [0.15, 0.2) is 0 Å². The second-order valence-corrected chi connectivity index (χ2v) is 6.40. The van der Waals surface area contributed by atoms with Crippen molar-refractivity contribution in [2.75, 3.05) is 13.1 Å². The van der Waals surface area contributed by atoms with Crippen molar-refractivity contribution in [3.63, 3.8) is 0 Å². The molecule has 126 valence electrons. The van der Waals surface area contributed by atoms with Crippen LogP contribution in [0.2, 0.25) is 5.02 Å². The Hall–Kier alpha value is -2.04. The number of aliphatic hydroxyl groups excluding tert-OH is 1. The normalized spacial score (nSPS) is 15.3. The van der Waals surface area contributed by atoms with Crippen molar-refractivity contribution in [3.05, 3.63) is 64.7 Å². The van der Waals surface area contributed by atoms with Crippen molar-refractivity contribution >= 4 is 17.5 Å². The summed E-state index contributed by atoms with van der Waals surface area (Å²) >= 11 is 5.87. The highest BCUT2D eigenvalue weighted by atomic mass is 35.5. The minimum Gasteiger partial charge on any atom is -0.489 e. The number of ether oxygens (including phenoxy) is 1. The number of likely N-dealkylation sites (tertiary alicyclic amines) is 1. The van der Waals surface area contributed by atoms with Gasteiger partial charge in [-0.3, -0.25) is 4.79 Å². The average molecular weight is 346 g/mol. The number of amides is 1. The lowest BCUT2D eigenvalue weighted by Gasteiger charge is -2.29. The van der Waals surface area contributed by atoms with Gasteiger partial charge in [-0.25, -0.2) is 0 Å². The summed E-state index contributed by atoms with van der Waals surface area (Å²) < 4.78 is 5.77. The molecule has 0 spiro atoms. The molecule has 2 aromatic rings. The van der Waals surface area contributed by atoms with Crippen molar-refractivity contribution in [2.24, 2.45) is 0 Å². The Morgan fingerprint density at radius 1 is 1.17 bits per heavy atom. The molecule has 0 unspecified atom stereocenters. The Morgan fingerprint density at radius 3 is 2.58 bits per heavy atom. The first-order chi connectivity index (χ1) is 11.6. The van der Waals surface area contributed by atoms with E-state index in [9.17, 15) is 9.90 Å². The maximum Gasteiger partial charge on any atom is 0.253 e. The number of hydrogen-bond donors (Lipinski definition) is 1. The summed E-state index contributed by atoms with van der Waals surface area (Å²) in [5, 5.41) is 10.2. The second kappa shape index (κ2) is 7.69. The molecule has 0 saturated carbocycles. The van der Waals surface area contributed by atoms with E-state index in [1.54, 1.807) is 17.0 Å². The van der Waals surface area contributed by atoms with Crippen LogP contribution in [0.5, 0.6) is 5.75 Å². The van der Waals surface area contributed by atoms with E-state index in [0.29, 0.717) is 48.9 Å². The molecule has 1 aliphatic heterocycles. The van der Waals surface area contributed by atoms with Crippen molar-refractivity contribution in [2.45, 2.75) is 25.6 Å². The molecule has 1 saturated heterocycles. The van der Waals surface area contributed by atoms with Gasteiger partial charge in [0, 0.05) is 23.7 Å². The Labute approximate surface area is 146 Å². The fourth-order valence-electron chi connectivity index (χ4n) is 2.72. The fraction of sp³-hybridized carbons (Fsp3) is 0.316. The first-order valence-corrected chi connectivity index (χ1v) is 8.44. The molecular formula is C19H20ClNO3. The number of carbonyl (C=O) groups excluding carboxylic acids is 1. The van der Waals surface area contributed by atoms with Crippen LogP contribution in [0.15, 0.2) is 48.5 Å². The summed E-state index contributed by atoms with van der Waals surface area (Å²) in [5.41, 5.74) is 1.63. The van der Waals surface area contributed by atoms with E-state index >= 15 is 0 Å². The van der Waals surface area contributed by atoms with Crippen LogP contribution < -0.4 is 4.74 Å². The number of nitrogens with zero attached hydrogens (tertiary/aromatic N) is 1. The van der Waals surface area contributed by atoms with Gasteiger partial charge in [-0.1, -0.05) is 29.8 Å². The first-order valence-electron chi connectivity index (χ1n) is 8.06. The Morgan fingerprint density at radius 2 is 1.88 bits per heavy atom. The number of carbonyl (C=O) groups is 1. The topological polar surface area (TPSA) is 49.8 Å². The largest absolute Gasteiger partial charge is 0.489 e. The molecule has 5 heteroatoms. The molecule has 1 fully saturated rings. The van der Waals surface area contributed by atoms with Crippen molar-refractivity contribution in [1.29, 1.82) is 0 Å². The number of benzene rings is 2. The van der Waals surface area contributed by atoms with E-state index < -0.39 is 0 Å². The van der Waals surface area contributed by atoms with Crippen molar-refractivity contribution in [1.82, 2.24) is 4.90 Å². The van der Waals surface area contributed by atoms with Gasteiger partial charge in [0.1, 0.15) is 12.4 Å². The van der Waals surface area contributed by atoms with E-state index in [1.165, 1.54) is 0 Å². The zero-order valence-electron chi connectivity index (χ0n) is 13.3. The van der Waals surface area contributed by atoms with E-state index in [4.69, 9.17) is 16.3 Å². The number of piperidine rings is 1. The average Bonchev–Trinajstić information content (AvgIpc) is 2.61. The Bertz CT molecular complexity index is 694. The number of hydrogen-bond acceptors (Lipinski definition) is 3. The lowest BCUT2D eigenvalue weighted by atomic mass is 10.1. The summed E-state index contributed by atoms with van der Waals surface area (Å²) in [7, 11) is 0. The highest BCUT2D eigenvalue weighted by molar-refractivity contribution is 6.30. The molecule has 4 nitrogen and oxygen atoms in total. The predicted octanol–water partition coefficient (Wildman–Crippen LogP) is 3.52. The molecule has 1 N–H and O–H groups in total. The fourth-order valence-corrected chi connectivity index (χ4v) is 2.84.